The molecule has 220 valence electrons. The van der Waals surface area contributed by atoms with Crippen molar-refractivity contribution in [1.82, 2.24) is 14.0 Å². The van der Waals surface area contributed by atoms with Crippen LogP contribution in [0.1, 0.15) is 62.3 Å². The van der Waals surface area contributed by atoms with E-state index in [0.717, 1.165) is 61.0 Å². The van der Waals surface area contributed by atoms with Crippen LogP contribution in [0.3, 0.4) is 0 Å². The van der Waals surface area contributed by atoms with Gasteiger partial charge in [0.05, 0.1) is 17.0 Å². The van der Waals surface area contributed by atoms with Gasteiger partial charge in [-0.05, 0) is 61.9 Å². The number of hydrogen-bond acceptors (Lipinski definition) is 5. The smallest absolute Gasteiger partial charge is 0.332 e. The molecule has 1 aromatic heterocycles. The zero-order chi connectivity index (χ0) is 29.5. The van der Waals surface area contributed by atoms with Crippen LogP contribution in [0.15, 0.2) is 94.5 Å². The number of benzene rings is 3. The van der Waals surface area contributed by atoms with Crippen LogP contribution in [-0.2, 0) is 16.1 Å². The molecule has 1 saturated heterocycles. The monoisotopic (exact) mass is 569 g/mol. The van der Waals surface area contributed by atoms with Crippen LogP contribution >= 0.6 is 0 Å². The van der Waals surface area contributed by atoms with E-state index >= 15 is 0 Å². The first-order chi connectivity index (χ1) is 20.5. The van der Waals surface area contributed by atoms with Crippen LogP contribution in [0.4, 0.5) is 0 Å². The predicted octanol–water partition coefficient (Wildman–Crippen LogP) is 5.25. The van der Waals surface area contributed by atoms with Gasteiger partial charge in [0.1, 0.15) is 12.1 Å². The van der Waals surface area contributed by atoms with Crippen molar-refractivity contribution >= 4 is 16.9 Å². The van der Waals surface area contributed by atoms with Crippen LogP contribution in [-0.4, -0.2) is 50.8 Å². The van der Waals surface area contributed by atoms with Crippen molar-refractivity contribution in [3.05, 3.63) is 117 Å². The molecule has 1 unspecified atom stereocenters. The molecule has 0 amide bonds. The molecule has 8 heteroatoms. The highest BCUT2D eigenvalue weighted by Crippen LogP contribution is 2.30. The van der Waals surface area contributed by atoms with Crippen LogP contribution in [0.2, 0.25) is 0 Å². The number of carboxylic acids is 1. The van der Waals surface area contributed by atoms with E-state index in [2.05, 4.69) is 53.4 Å². The number of likely N-dealkylation sites (tertiary alicyclic amines) is 1. The Balaban J connectivity index is 1.19. The topological polar surface area (TPSA) is 93.8 Å². The van der Waals surface area contributed by atoms with Crippen molar-refractivity contribution in [3.8, 4) is 0 Å². The maximum absolute atomic E-state index is 13.4. The number of piperidine rings is 1. The lowest BCUT2D eigenvalue weighted by Crippen LogP contribution is -2.44. The number of hydrogen-bond donors (Lipinski definition) is 1. The lowest BCUT2D eigenvalue weighted by molar-refractivity contribution is -0.141. The fourth-order valence-electron chi connectivity index (χ4n) is 5.97. The molecule has 0 bridgehead atoms. The number of ether oxygens (including phenoxy) is 1. The summed E-state index contributed by atoms with van der Waals surface area (Å²) in [4.78, 5) is 40.7. The van der Waals surface area contributed by atoms with Crippen LogP contribution in [0, 0.1) is 0 Å². The van der Waals surface area contributed by atoms with Crippen LogP contribution in [0.5, 0.6) is 0 Å². The van der Waals surface area contributed by atoms with Gasteiger partial charge in [0.2, 0.25) is 0 Å². The maximum atomic E-state index is 13.4. The second-order valence-electron chi connectivity index (χ2n) is 11.0. The third kappa shape index (κ3) is 6.55. The van der Waals surface area contributed by atoms with Gasteiger partial charge in [-0.2, -0.15) is 0 Å². The fraction of sp³-hybridized carbons (Fsp3) is 0.382. The molecule has 1 fully saturated rings. The molecule has 0 radical (unpaired) electrons. The van der Waals surface area contributed by atoms with Crippen molar-refractivity contribution in [2.75, 3.05) is 19.6 Å². The number of aromatic nitrogens is 2. The summed E-state index contributed by atoms with van der Waals surface area (Å²) < 4.78 is 9.16. The van der Waals surface area contributed by atoms with Crippen LogP contribution < -0.4 is 11.2 Å². The van der Waals surface area contributed by atoms with Crippen LogP contribution in [0.25, 0.3) is 10.9 Å². The van der Waals surface area contributed by atoms with Gasteiger partial charge in [0, 0.05) is 19.6 Å². The molecule has 1 aliphatic heterocycles. The highest BCUT2D eigenvalue weighted by atomic mass is 16.5. The average Bonchev–Trinajstić information content (AvgIpc) is 3.02. The van der Waals surface area contributed by atoms with E-state index in [1.54, 1.807) is 35.8 Å². The van der Waals surface area contributed by atoms with E-state index in [1.807, 2.05) is 12.1 Å². The number of fused-ring (bicyclic) bond motifs is 1. The molecular weight excluding hydrogens is 530 g/mol. The van der Waals surface area contributed by atoms with E-state index < -0.39 is 23.3 Å². The number of para-hydroxylation sites is 1. The van der Waals surface area contributed by atoms with Gasteiger partial charge in [-0.1, -0.05) is 79.7 Å². The predicted molar refractivity (Wildman–Crippen MR) is 164 cm³/mol. The van der Waals surface area contributed by atoms with Crippen molar-refractivity contribution in [3.63, 3.8) is 0 Å². The molecule has 42 heavy (non-hydrogen) atoms. The van der Waals surface area contributed by atoms with E-state index in [9.17, 15) is 19.5 Å². The Labute approximate surface area is 245 Å². The molecule has 1 N–H and O–H groups in total. The quantitative estimate of drug-likeness (QED) is 0.234. The summed E-state index contributed by atoms with van der Waals surface area (Å²) in [7, 11) is 0. The van der Waals surface area contributed by atoms with Crippen molar-refractivity contribution < 1.29 is 14.6 Å². The SMILES string of the molecule is CCC(C(=O)O)n1c(=O)c2ccccc2n(CCCCN2CCC(OC(c3ccccc3)c3ccccc3)CC2)c1=O. The number of aliphatic carboxylic acids is 1. The van der Waals surface area contributed by atoms with E-state index in [1.165, 1.54) is 0 Å². The number of unbranched alkanes of at least 4 members (excludes halogenated alkanes) is 1. The number of carboxylic acid groups (broad SMARTS) is 1. The summed E-state index contributed by atoms with van der Waals surface area (Å²) in [5.41, 5.74) is 1.77. The second-order valence-corrected chi connectivity index (χ2v) is 11.0. The summed E-state index contributed by atoms with van der Waals surface area (Å²) in [5.74, 6) is -1.18. The summed E-state index contributed by atoms with van der Waals surface area (Å²) >= 11 is 0. The number of aryl methyl sites for hydroxylation is 1. The van der Waals surface area contributed by atoms with Gasteiger partial charge >= 0.3 is 11.7 Å². The van der Waals surface area contributed by atoms with Crippen molar-refractivity contribution in [1.29, 1.82) is 0 Å². The summed E-state index contributed by atoms with van der Waals surface area (Å²) in [6.07, 6.45) is 3.79. The molecule has 5 rings (SSSR count). The molecule has 0 saturated carbocycles. The van der Waals surface area contributed by atoms with Crippen molar-refractivity contribution in [2.24, 2.45) is 0 Å². The van der Waals surface area contributed by atoms with Gasteiger partial charge in [-0.25, -0.2) is 14.2 Å². The Hall–Kier alpha value is -4.01. The Morgan fingerprint density at radius 1 is 0.857 bits per heavy atom. The molecule has 0 spiro atoms. The first-order valence-corrected chi connectivity index (χ1v) is 14.9. The average molecular weight is 570 g/mol. The van der Waals surface area contributed by atoms with E-state index in [4.69, 9.17) is 4.74 Å². The third-order valence-corrected chi connectivity index (χ3v) is 8.24. The molecule has 1 aliphatic rings. The Bertz CT molecular complexity index is 1550. The first kappa shape index (κ1) is 29.5. The lowest BCUT2D eigenvalue weighted by atomic mass is 10.00. The molecule has 0 aliphatic carbocycles. The molecule has 4 aromatic rings. The summed E-state index contributed by atoms with van der Waals surface area (Å²) in [6, 6.07) is 26.5. The summed E-state index contributed by atoms with van der Waals surface area (Å²) in [6.45, 7) is 4.90. The van der Waals surface area contributed by atoms with E-state index in [0.29, 0.717) is 17.4 Å². The summed E-state index contributed by atoms with van der Waals surface area (Å²) in [5, 5.41) is 10.0. The number of nitrogens with zero attached hydrogens (tertiary/aromatic N) is 3. The molecule has 2 heterocycles. The Morgan fingerprint density at radius 3 is 2.02 bits per heavy atom. The minimum atomic E-state index is -1.19. The minimum Gasteiger partial charge on any atom is -0.480 e. The van der Waals surface area contributed by atoms with Gasteiger partial charge in [-0.3, -0.25) is 9.36 Å². The number of rotatable bonds is 12. The molecular formula is C34H39N3O5. The molecule has 1 atom stereocenters. The largest absolute Gasteiger partial charge is 0.480 e. The normalized spacial score (nSPS) is 15.3. The molecule has 8 nitrogen and oxygen atoms in total. The Morgan fingerprint density at radius 2 is 1.43 bits per heavy atom. The zero-order valence-electron chi connectivity index (χ0n) is 24.1. The van der Waals surface area contributed by atoms with Gasteiger partial charge < -0.3 is 14.7 Å². The third-order valence-electron chi connectivity index (χ3n) is 8.24. The fourth-order valence-corrected chi connectivity index (χ4v) is 5.97. The Kier molecular flexibility index (Phi) is 9.66. The second kappa shape index (κ2) is 13.8. The first-order valence-electron chi connectivity index (χ1n) is 14.9. The van der Waals surface area contributed by atoms with Gasteiger partial charge in [0.15, 0.2) is 0 Å². The number of carbonyl (C=O) groups is 1. The van der Waals surface area contributed by atoms with Crippen molar-refractivity contribution in [2.45, 2.75) is 63.8 Å². The highest BCUT2D eigenvalue weighted by Gasteiger charge is 2.26. The van der Waals surface area contributed by atoms with E-state index in [-0.39, 0.29) is 18.6 Å². The minimum absolute atomic E-state index is 0.0891. The highest BCUT2D eigenvalue weighted by molar-refractivity contribution is 5.79. The standard InChI is InChI=1S/C34H39N3O5/c1-2-29(33(39)40)37-32(38)28-17-9-10-18-30(28)36(34(37)41)22-12-11-21-35-23-19-27(20-24-35)42-31(25-13-5-3-6-14-25)26-15-7-4-8-16-26/h3-10,13-18,27,29,31H,2,11-12,19-24H2,1H3,(H,39,40). The lowest BCUT2D eigenvalue weighted by Gasteiger charge is -2.34. The van der Waals surface area contributed by atoms with Gasteiger partial charge in [0.25, 0.3) is 5.56 Å². The molecule has 3 aromatic carbocycles. The van der Waals surface area contributed by atoms with Gasteiger partial charge in [-0.15, -0.1) is 0 Å². The zero-order valence-corrected chi connectivity index (χ0v) is 24.1. The maximum Gasteiger partial charge on any atom is 0.332 e.